The molecular formula is C26H31N4O2+. The summed E-state index contributed by atoms with van der Waals surface area (Å²) in [5.41, 5.74) is 5.06. The molecule has 4 heterocycles. The average molecular weight is 432 g/mol. The predicted octanol–water partition coefficient (Wildman–Crippen LogP) is 5.14. The Kier molecular flexibility index (Phi) is 5.29. The lowest BCUT2D eigenvalue weighted by atomic mass is 10.0. The van der Waals surface area contributed by atoms with Crippen molar-refractivity contribution < 1.29 is 9.15 Å². The van der Waals surface area contributed by atoms with Crippen LogP contribution in [0, 0.1) is 0 Å². The van der Waals surface area contributed by atoms with Gasteiger partial charge in [-0.1, -0.05) is 18.6 Å². The molecule has 3 aliphatic heterocycles. The molecule has 2 fully saturated rings. The number of hydrogen-bond donors (Lipinski definition) is 0. The third kappa shape index (κ3) is 3.56. The molecule has 6 nitrogen and oxygen atoms in total. The van der Waals surface area contributed by atoms with Gasteiger partial charge in [0.2, 0.25) is 5.89 Å². The van der Waals surface area contributed by atoms with Gasteiger partial charge in [0.05, 0.1) is 13.2 Å². The number of oxazole rings is 1. The first-order valence-corrected chi connectivity index (χ1v) is 12.1. The number of fused-ring (bicyclic) bond motifs is 2. The minimum atomic E-state index is 0.522. The van der Waals surface area contributed by atoms with E-state index in [0.29, 0.717) is 11.9 Å². The van der Waals surface area contributed by atoms with Crippen LogP contribution in [0.1, 0.15) is 32.1 Å². The predicted molar refractivity (Wildman–Crippen MR) is 128 cm³/mol. The summed E-state index contributed by atoms with van der Waals surface area (Å²) in [7, 11) is 0. The smallest absolute Gasteiger partial charge is 0.227 e. The molecule has 0 bridgehead atoms. The molecule has 32 heavy (non-hydrogen) atoms. The van der Waals surface area contributed by atoms with Crippen LogP contribution in [-0.2, 0) is 4.74 Å². The molecule has 166 valence electrons. The van der Waals surface area contributed by atoms with Gasteiger partial charge in [0.1, 0.15) is 23.8 Å². The molecule has 1 unspecified atom stereocenters. The number of piperidine rings is 1. The lowest BCUT2D eigenvalue weighted by Crippen LogP contribution is -2.59. The number of likely N-dealkylation sites (tertiary alicyclic amines) is 1. The van der Waals surface area contributed by atoms with E-state index in [2.05, 4.69) is 34.4 Å². The Hall–Kier alpha value is -2.54. The second-order valence-electron chi connectivity index (χ2n) is 9.33. The molecule has 2 saturated heterocycles. The molecule has 1 aromatic heterocycles. The number of hydrogen-bond acceptors (Lipinski definition) is 5. The van der Waals surface area contributed by atoms with Gasteiger partial charge >= 0.3 is 0 Å². The van der Waals surface area contributed by atoms with Crippen molar-refractivity contribution in [1.82, 2.24) is 14.4 Å². The van der Waals surface area contributed by atoms with E-state index >= 15 is 0 Å². The van der Waals surface area contributed by atoms with Crippen LogP contribution < -0.4 is 4.48 Å². The molecule has 0 aliphatic carbocycles. The fourth-order valence-electron chi connectivity index (χ4n) is 5.62. The van der Waals surface area contributed by atoms with Crippen LogP contribution in [0.5, 0.6) is 0 Å². The zero-order chi connectivity index (χ0) is 21.4. The molecule has 0 spiro atoms. The first-order chi connectivity index (χ1) is 15.8. The van der Waals surface area contributed by atoms with Crippen molar-refractivity contribution >= 4 is 28.8 Å². The summed E-state index contributed by atoms with van der Waals surface area (Å²) in [6.45, 7) is 6.35. The van der Waals surface area contributed by atoms with Crippen LogP contribution in [0.3, 0.4) is 0 Å². The fraction of sp³-hybridized carbons (Fsp3) is 0.462. The third-order valence-corrected chi connectivity index (χ3v) is 7.44. The standard InChI is InChI=1S/C26H31N4O2/c1-4-12-29(13-5-1)14-15-30(21-10-16-31-17-11-21)19-27-23-18-20(8-9-24(23)30)26-28-22-6-2-3-7-25(22)32-26/h2-3,6-9,18-19,21H,1,4-5,10-17H2/q+1. The van der Waals surface area contributed by atoms with Crippen molar-refractivity contribution in [2.45, 2.75) is 38.1 Å². The first-order valence-electron chi connectivity index (χ1n) is 12.1. The molecular weight excluding hydrogens is 400 g/mol. The Bertz CT molecular complexity index is 1090. The fourth-order valence-corrected chi connectivity index (χ4v) is 5.62. The highest BCUT2D eigenvalue weighted by molar-refractivity contribution is 5.91. The maximum Gasteiger partial charge on any atom is 0.227 e. The van der Waals surface area contributed by atoms with Crippen LogP contribution in [0.2, 0.25) is 0 Å². The molecule has 0 saturated carbocycles. The largest absolute Gasteiger partial charge is 0.436 e. The summed E-state index contributed by atoms with van der Waals surface area (Å²) in [5, 5.41) is 0. The zero-order valence-electron chi connectivity index (χ0n) is 18.6. The Labute approximate surface area is 189 Å². The van der Waals surface area contributed by atoms with Gasteiger partial charge < -0.3 is 9.15 Å². The minimum absolute atomic E-state index is 0.522. The SMILES string of the molecule is C1=Nc2cc(-c3nc4ccccc4o3)ccc2[N+]1(CCN1CCCCC1)C1CCOCC1. The number of benzene rings is 2. The molecule has 0 amide bonds. The quantitative estimate of drug-likeness (QED) is 0.525. The summed E-state index contributed by atoms with van der Waals surface area (Å²) < 4.78 is 12.6. The Balaban J connectivity index is 1.33. The summed E-state index contributed by atoms with van der Waals surface area (Å²) >= 11 is 0. The van der Waals surface area contributed by atoms with Crippen LogP contribution in [0.4, 0.5) is 11.4 Å². The molecule has 2 aromatic carbocycles. The highest BCUT2D eigenvalue weighted by Crippen LogP contribution is 2.44. The van der Waals surface area contributed by atoms with Crippen LogP contribution >= 0.6 is 0 Å². The number of rotatable bonds is 5. The van der Waals surface area contributed by atoms with Gasteiger partial charge in [0, 0.05) is 31.0 Å². The van der Waals surface area contributed by atoms with E-state index in [1.807, 2.05) is 24.3 Å². The normalized spacial score (nSPS) is 24.2. The highest BCUT2D eigenvalue weighted by atomic mass is 16.5. The highest BCUT2D eigenvalue weighted by Gasteiger charge is 2.44. The van der Waals surface area contributed by atoms with Gasteiger partial charge in [-0.2, -0.15) is 4.99 Å². The lowest BCUT2D eigenvalue weighted by Gasteiger charge is -2.41. The van der Waals surface area contributed by atoms with Crippen molar-refractivity contribution in [1.29, 1.82) is 0 Å². The van der Waals surface area contributed by atoms with Gasteiger partial charge in [0.25, 0.3) is 0 Å². The molecule has 0 N–H and O–H groups in total. The van der Waals surface area contributed by atoms with Gasteiger partial charge in [-0.25, -0.2) is 9.47 Å². The Morgan fingerprint density at radius 1 is 1.00 bits per heavy atom. The molecule has 3 aliphatic rings. The number of para-hydroxylation sites is 2. The monoisotopic (exact) mass is 431 g/mol. The van der Waals surface area contributed by atoms with Crippen molar-refractivity contribution in [2.75, 3.05) is 39.4 Å². The van der Waals surface area contributed by atoms with E-state index in [-0.39, 0.29) is 0 Å². The zero-order valence-corrected chi connectivity index (χ0v) is 18.6. The van der Waals surface area contributed by atoms with E-state index < -0.39 is 0 Å². The van der Waals surface area contributed by atoms with E-state index in [0.717, 1.165) is 66.0 Å². The summed E-state index contributed by atoms with van der Waals surface area (Å²) in [4.78, 5) is 12.3. The van der Waals surface area contributed by atoms with Crippen molar-refractivity contribution in [3.8, 4) is 11.5 Å². The first kappa shape index (κ1) is 20.1. The molecule has 6 heteroatoms. The summed E-state index contributed by atoms with van der Waals surface area (Å²) in [6.07, 6.45) is 8.40. The maximum atomic E-state index is 6.02. The van der Waals surface area contributed by atoms with E-state index in [4.69, 9.17) is 14.1 Å². The second kappa shape index (κ2) is 8.43. The van der Waals surface area contributed by atoms with Gasteiger partial charge in [0.15, 0.2) is 17.6 Å². The van der Waals surface area contributed by atoms with Crippen LogP contribution in [-0.4, -0.2) is 61.7 Å². The van der Waals surface area contributed by atoms with E-state index in [1.54, 1.807) is 0 Å². The number of aliphatic imine (C=N–C) groups is 1. The lowest BCUT2D eigenvalue weighted by molar-refractivity contribution is 0.0554. The number of quaternary nitrogens is 1. The minimum Gasteiger partial charge on any atom is -0.436 e. The van der Waals surface area contributed by atoms with Crippen molar-refractivity contribution in [2.24, 2.45) is 4.99 Å². The van der Waals surface area contributed by atoms with Crippen LogP contribution in [0.25, 0.3) is 22.6 Å². The van der Waals surface area contributed by atoms with Gasteiger partial charge in [-0.15, -0.1) is 0 Å². The van der Waals surface area contributed by atoms with Gasteiger partial charge in [-0.05, 0) is 50.2 Å². The molecule has 6 rings (SSSR count). The molecule has 3 aromatic rings. The molecule has 0 radical (unpaired) electrons. The third-order valence-electron chi connectivity index (χ3n) is 7.44. The Morgan fingerprint density at radius 2 is 1.84 bits per heavy atom. The maximum absolute atomic E-state index is 6.02. The average Bonchev–Trinajstić information content (AvgIpc) is 3.46. The number of nitrogens with zero attached hydrogens (tertiary/aromatic N) is 4. The van der Waals surface area contributed by atoms with Crippen LogP contribution in [0.15, 0.2) is 51.9 Å². The number of ether oxygens (including phenoxy) is 1. The Morgan fingerprint density at radius 3 is 2.69 bits per heavy atom. The van der Waals surface area contributed by atoms with E-state index in [9.17, 15) is 0 Å². The van der Waals surface area contributed by atoms with Crippen molar-refractivity contribution in [3.63, 3.8) is 0 Å². The molecule has 1 atom stereocenters. The van der Waals surface area contributed by atoms with Crippen molar-refractivity contribution in [3.05, 3.63) is 42.5 Å². The topological polar surface area (TPSA) is 50.9 Å². The number of aromatic nitrogens is 1. The summed E-state index contributed by atoms with van der Waals surface area (Å²) in [5.74, 6) is 0.661. The van der Waals surface area contributed by atoms with E-state index in [1.165, 1.54) is 38.0 Å². The van der Waals surface area contributed by atoms with Gasteiger partial charge in [-0.3, -0.25) is 4.90 Å². The summed E-state index contributed by atoms with van der Waals surface area (Å²) in [6, 6.07) is 15.0. The second-order valence-corrected chi connectivity index (χ2v) is 9.33.